The fraction of sp³-hybridized carbons (Fsp3) is 0.556. The monoisotopic (exact) mass is 317 g/mol. The van der Waals surface area contributed by atoms with Crippen molar-refractivity contribution >= 4 is 11.9 Å². The van der Waals surface area contributed by atoms with Crippen molar-refractivity contribution in [2.24, 2.45) is 5.92 Å². The summed E-state index contributed by atoms with van der Waals surface area (Å²) in [6.45, 7) is 2.56. The number of hydrogen-bond donors (Lipinski definition) is 1. The second-order valence-corrected chi connectivity index (χ2v) is 6.44. The molecule has 0 aromatic heterocycles. The lowest BCUT2D eigenvalue weighted by Gasteiger charge is -2.31. The molecule has 1 aromatic carbocycles. The van der Waals surface area contributed by atoms with E-state index in [1.165, 1.54) is 5.56 Å². The zero-order chi connectivity index (χ0) is 16.2. The molecule has 124 valence electrons. The van der Waals surface area contributed by atoms with Gasteiger partial charge in [-0.05, 0) is 49.3 Å². The number of carbonyl (C=O) groups is 2. The van der Waals surface area contributed by atoms with Crippen LogP contribution in [0.15, 0.2) is 24.3 Å². The lowest BCUT2D eigenvalue weighted by molar-refractivity contribution is -0.143. The van der Waals surface area contributed by atoms with Gasteiger partial charge < -0.3 is 14.7 Å². The number of aliphatic carboxylic acids is 1. The summed E-state index contributed by atoms with van der Waals surface area (Å²) in [5, 5.41) is 9.14. The van der Waals surface area contributed by atoms with Crippen LogP contribution in [0.5, 0.6) is 0 Å². The third kappa shape index (κ3) is 3.72. The third-order valence-corrected chi connectivity index (χ3v) is 4.91. The fourth-order valence-electron chi connectivity index (χ4n) is 3.47. The molecule has 0 saturated carbocycles. The van der Waals surface area contributed by atoms with Crippen LogP contribution in [0.3, 0.4) is 0 Å². The summed E-state index contributed by atoms with van der Waals surface area (Å²) in [6, 6.07) is 7.80. The Morgan fingerprint density at radius 2 is 1.78 bits per heavy atom. The van der Waals surface area contributed by atoms with E-state index in [4.69, 9.17) is 9.84 Å². The number of ether oxygens (including phenoxy) is 1. The second-order valence-electron chi connectivity index (χ2n) is 6.44. The molecular formula is C18H23NO4. The number of carboxylic acids is 1. The number of likely N-dealkylation sites (tertiary alicyclic amines) is 1. The van der Waals surface area contributed by atoms with Gasteiger partial charge in [0.2, 0.25) is 0 Å². The van der Waals surface area contributed by atoms with Crippen LogP contribution < -0.4 is 0 Å². The molecule has 2 fully saturated rings. The molecule has 5 nitrogen and oxygen atoms in total. The highest BCUT2D eigenvalue weighted by molar-refractivity contribution is 5.94. The van der Waals surface area contributed by atoms with E-state index in [1.54, 1.807) is 4.90 Å². The first-order valence-electron chi connectivity index (χ1n) is 8.35. The van der Waals surface area contributed by atoms with Crippen molar-refractivity contribution in [1.29, 1.82) is 0 Å². The normalized spacial score (nSPS) is 22.8. The van der Waals surface area contributed by atoms with Gasteiger partial charge in [0, 0.05) is 31.9 Å². The van der Waals surface area contributed by atoms with Gasteiger partial charge in [-0.15, -0.1) is 0 Å². The molecule has 0 radical (unpaired) electrons. The van der Waals surface area contributed by atoms with E-state index in [0.29, 0.717) is 31.0 Å². The van der Waals surface area contributed by atoms with Crippen molar-refractivity contribution in [2.75, 3.05) is 26.3 Å². The Morgan fingerprint density at radius 3 is 2.43 bits per heavy atom. The summed E-state index contributed by atoms with van der Waals surface area (Å²) in [5.41, 5.74) is 1.90. The number of carboxylic acid groups (broad SMARTS) is 1. The Labute approximate surface area is 136 Å². The lowest BCUT2D eigenvalue weighted by Crippen LogP contribution is -2.42. The number of amides is 1. The van der Waals surface area contributed by atoms with E-state index in [9.17, 15) is 9.59 Å². The van der Waals surface area contributed by atoms with E-state index in [2.05, 4.69) is 0 Å². The second kappa shape index (κ2) is 7.13. The zero-order valence-electron chi connectivity index (χ0n) is 13.2. The van der Waals surface area contributed by atoms with Crippen LogP contribution in [-0.4, -0.2) is 48.2 Å². The molecule has 3 rings (SSSR count). The van der Waals surface area contributed by atoms with Gasteiger partial charge in [0.05, 0.1) is 5.92 Å². The predicted octanol–water partition coefficient (Wildman–Crippen LogP) is 2.52. The topological polar surface area (TPSA) is 66.8 Å². The standard InChI is InChI=1S/C18H23NO4/c20-17(19-9-1-2-16(12-19)18(21)22)15-5-3-13(4-6-15)14-7-10-23-11-8-14/h3-6,14,16H,1-2,7-12H2,(H,21,22). The number of benzene rings is 1. The maximum Gasteiger partial charge on any atom is 0.308 e. The fourth-order valence-corrected chi connectivity index (χ4v) is 3.47. The highest BCUT2D eigenvalue weighted by atomic mass is 16.5. The summed E-state index contributed by atoms with van der Waals surface area (Å²) in [7, 11) is 0. The Hall–Kier alpha value is -1.88. The number of rotatable bonds is 3. The van der Waals surface area contributed by atoms with Gasteiger partial charge in [0.25, 0.3) is 5.91 Å². The first kappa shape index (κ1) is 16.0. The maximum absolute atomic E-state index is 12.6. The van der Waals surface area contributed by atoms with Crippen molar-refractivity contribution < 1.29 is 19.4 Å². The molecule has 2 aliphatic heterocycles. The molecule has 0 bridgehead atoms. The summed E-state index contributed by atoms with van der Waals surface area (Å²) in [6.07, 6.45) is 3.46. The maximum atomic E-state index is 12.6. The minimum Gasteiger partial charge on any atom is -0.481 e. The molecule has 5 heteroatoms. The Balaban J connectivity index is 1.66. The van der Waals surface area contributed by atoms with Crippen molar-refractivity contribution in [3.63, 3.8) is 0 Å². The quantitative estimate of drug-likeness (QED) is 0.930. The number of piperidine rings is 1. The molecule has 1 amide bonds. The Kier molecular flexibility index (Phi) is 4.96. The Morgan fingerprint density at radius 1 is 1.09 bits per heavy atom. The van der Waals surface area contributed by atoms with E-state index in [1.807, 2.05) is 24.3 Å². The van der Waals surface area contributed by atoms with Crippen molar-refractivity contribution in [2.45, 2.75) is 31.6 Å². The average molecular weight is 317 g/mol. The third-order valence-electron chi connectivity index (χ3n) is 4.91. The van der Waals surface area contributed by atoms with Gasteiger partial charge in [-0.2, -0.15) is 0 Å². The SMILES string of the molecule is O=C(O)C1CCCN(C(=O)c2ccc(C3CCOCC3)cc2)C1. The molecule has 0 aliphatic carbocycles. The van der Waals surface area contributed by atoms with Gasteiger partial charge in [0.15, 0.2) is 0 Å². The van der Waals surface area contributed by atoms with Crippen molar-refractivity contribution in [3.05, 3.63) is 35.4 Å². The van der Waals surface area contributed by atoms with Gasteiger partial charge in [0.1, 0.15) is 0 Å². The van der Waals surface area contributed by atoms with Crippen LogP contribution in [-0.2, 0) is 9.53 Å². The molecule has 1 unspecified atom stereocenters. The number of nitrogens with zero attached hydrogens (tertiary/aromatic N) is 1. The van der Waals surface area contributed by atoms with E-state index in [-0.39, 0.29) is 5.91 Å². The molecule has 2 aliphatic rings. The minimum absolute atomic E-state index is 0.0607. The first-order chi connectivity index (χ1) is 11.1. The van der Waals surface area contributed by atoms with Crippen LogP contribution in [0.2, 0.25) is 0 Å². The average Bonchev–Trinajstić information content (AvgIpc) is 2.62. The summed E-state index contributed by atoms with van der Waals surface area (Å²) in [4.78, 5) is 25.4. The largest absolute Gasteiger partial charge is 0.481 e. The molecule has 2 heterocycles. The van der Waals surface area contributed by atoms with Gasteiger partial charge in [-0.25, -0.2) is 0 Å². The smallest absolute Gasteiger partial charge is 0.308 e. The van der Waals surface area contributed by atoms with Crippen molar-refractivity contribution in [3.8, 4) is 0 Å². The van der Waals surface area contributed by atoms with E-state index >= 15 is 0 Å². The predicted molar refractivity (Wildman–Crippen MR) is 85.5 cm³/mol. The number of hydrogen-bond acceptors (Lipinski definition) is 3. The molecule has 23 heavy (non-hydrogen) atoms. The van der Waals surface area contributed by atoms with Crippen LogP contribution in [0.1, 0.15) is 47.5 Å². The van der Waals surface area contributed by atoms with Crippen LogP contribution >= 0.6 is 0 Å². The summed E-state index contributed by atoms with van der Waals surface area (Å²) < 4.78 is 5.38. The molecule has 1 aromatic rings. The minimum atomic E-state index is -0.808. The van der Waals surface area contributed by atoms with Gasteiger partial charge in [-0.1, -0.05) is 12.1 Å². The van der Waals surface area contributed by atoms with Crippen LogP contribution in [0.4, 0.5) is 0 Å². The van der Waals surface area contributed by atoms with E-state index in [0.717, 1.165) is 32.5 Å². The highest BCUT2D eigenvalue weighted by Gasteiger charge is 2.28. The van der Waals surface area contributed by atoms with Crippen LogP contribution in [0, 0.1) is 5.92 Å². The highest BCUT2D eigenvalue weighted by Crippen LogP contribution is 2.27. The summed E-state index contributed by atoms with van der Waals surface area (Å²) >= 11 is 0. The molecular weight excluding hydrogens is 294 g/mol. The zero-order valence-corrected chi connectivity index (χ0v) is 13.2. The number of carbonyl (C=O) groups excluding carboxylic acids is 1. The van der Waals surface area contributed by atoms with Crippen molar-refractivity contribution in [1.82, 2.24) is 4.90 Å². The molecule has 1 atom stereocenters. The van der Waals surface area contributed by atoms with E-state index < -0.39 is 11.9 Å². The summed E-state index contributed by atoms with van der Waals surface area (Å²) in [5.74, 6) is -0.791. The van der Waals surface area contributed by atoms with Gasteiger partial charge >= 0.3 is 5.97 Å². The lowest BCUT2D eigenvalue weighted by atomic mass is 9.91. The molecule has 2 saturated heterocycles. The molecule has 1 N–H and O–H groups in total. The Bertz CT molecular complexity index is 563. The van der Waals surface area contributed by atoms with Gasteiger partial charge in [-0.3, -0.25) is 9.59 Å². The first-order valence-corrected chi connectivity index (χ1v) is 8.35. The van der Waals surface area contributed by atoms with Crippen LogP contribution in [0.25, 0.3) is 0 Å². The molecule has 0 spiro atoms.